The summed E-state index contributed by atoms with van der Waals surface area (Å²) in [5.74, 6) is -1.85. The van der Waals surface area contributed by atoms with Gasteiger partial charge in [-0.2, -0.15) is 9.61 Å². The molecule has 1 unspecified atom stereocenters. The topological polar surface area (TPSA) is 140 Å². The first kappa shape index (κ1) is 25.5. The van der Waals surface area contributed by atoms with Crippen LogP contribution in [0.5, 0.6) is 0 Å². The normalized spacial score (nSPS) is 16.1. The Bertz CT molecular complexity index is 1460. The number of amides is 3. The van der Waals surface area contributed by atoms with E-state index in [-0.39, 0.29) is 60.1 Å². The molecule has 1 atom stereocenters. The number of methoxy groups -OCH3 is 1. The third-order valence-corrected chi connectivity index (χ3v) is 6.52. The van der Waals surface area contributed by atoms with E-state index in [4.69, 9.17) is 9.47 Å². The smallest absolute Gasteiger partial charge is 0.280 e. The van der Waals surface area contributed by atoms with Crippen LogP contribution < -0.4 is 10.9 Å². The summed E-state index contributed by atoms with van der Waals surface area (Å²) in [4.78, 5) is 59.9. The number of anilines is 1. The number of hydrogen-bond acceptors (Lipinski definition) is 8. The van der Waals surface area contributed by atoms with Gasteiger partial charge in [0.2, 0.25) is 5.91 Å². The minimum atomic E-state index is -0.574. The molecule has 0 spiro atoms. The summed E-state index contributed by atoms with van der Waals surface area (Å²) in [5.41, 5.74) is -0.223. The van der Waals surface area contributed by atoms with Crippen molar-refractivity contribution in [1.82, 2.24) is 29.0 Å². The highest BCUT2D eigenvalue weighted by atomic mass is 19.1. The van der Waals surface area contributed by atoms with Gasteiger partial charge in [0.1, 0.15) is 29.5 Å². The van der Waals surface area contributed by atoms with Crippen molar-refractivity contribution < 1.29 is 28.2 Å². The lowest BCUT2D eigenvalue weighted by Crippen LogP contribution is -2.40. The van der Waals surface area contributed by atoms with Gasteiger partial charge < -0.3 is 29.2 Å². The maximum atomic E-state index is 13.5. The van der Waals surface area contributed by atoms with Crippen molar-refractivity contribution in [2.75, 3.05) is 45.3 Å². The second-order valence-corrected chi connectivity index (χ2v) is 9.07. The lowest BCUT2D eigenvalue weighted by molar-refractivity contribution is -0.116. The lowest BCUT2D eigenvalue weighted by Gasteiger charge is -2.25. The predicted molar refractivity (Wildman–Crippen MR) is 130 cm³/mol. The number of ether oxygens (including phenoxy) is 2. The first-order valence-corrected chi connectivity index (χ1v) is 12.0. The molecule has 0 bridgehead atoms. The molecule has 1 fully saturated rings. The van der Waals surface area contributed by atoms with Gasteiger partial charge in [0, 0.05) is 26.3 Å². The molecule has 0 radical (unpaired) electrons. The van der Waals surface area contributed by atoms with Crippen LogP contribution in [0.25, 0.3) is 5.65 Å². The summed E-state index contributed by atoms with van der Waals surface area (Å²) >= 11 is 0. The number of morpholine rings is 1. The molecular formula is C24H26FN7O6. The summed E-state index contributed by atoms with van der Waals surface area (Å²) < 4.78 is 26.1. The summed E-state index contributed by atoms with van der Waals surface area (Å²) in [7, 11) is 1.51. The van der Waals surface area contributed by atoms with Crippen LogP contribution in [0, 0.1) is 5.82 Å². The first-order chi connectivity index (χ1) is 18.3. The molecule has 1 N–H and O–H groups in total. The summed E-state index contributed by atoms with van der Waals surface area (Å²) in [6.45, 7) is 3.20. The highest BCUT2D eigenvalue weighted by Gasteiger charge is 2.37. The summed E-state index contributed by atoms with van der Waals surface area (Å²) in [6, 6.07) is 3.51. The van der Waals surface area contributed by atoms with Crippen LogP contribution in [-0.4, -0.2) is 92.7 Å². The van der Waals surface area contributed by atoms with Gasteiger partial charge >= 0.3 is 0 Å². The van der Waals surface area contributed by atoms with Crippen LogP contribution in [0.1, 0.15) is 33.5 Å². The Morgan fingerprint density at radius 1 is 1.24 bits per heavy atom. The van der Waals surface area contributed by atoms with Gasteiger partial charge in [-0.05, 0) is 19.1 Å². The van der Waals surface area contributed by atoms with E-state index >= 15 is 0 Å². The molecule has 0 saturated carbocycles. The van der Waals surface area contributed by atoms with Crippen LogP contribution in [0.3, 0.4) is 0 Å². The molecular weight excluding hydrogens is 501 g/mol. The van der Waals surface area contributed by atoms with Crippen molar-refractivity contribution in [3.05, 3.63) is 57.5 Å². The SMILES string of the molecule is COCC(C)N1Cc2c(n(CC(=O)Nc3ccc(F)cn3)c3cc(C(=O)N4CCOCC4)nn3c2=O)C1=O. The Hall–Kier alpha value is -4.17. The average molecular weight is 528 g/mol. The quantitative estimate of drug-likeness (QED) is 0.457. The largest absolute Gasteiger partial charge is 0.383 e. The van der Waals surface area contributed by atoms with Crippen LogP contribution >= 0.6 is 0 Å². The molecule has 5 heterocycles. The second-order valence-electron chi connectivity index (χ2n) is 9.07. The van der Waals surface area contributed by atoms with Gasteiger partial charge in [-0.15, -0.1) is 0 Å². The molecule has 200 valence electrons. The Morgan fingerprint density at radius 3 is 2.68 bits per heavy atom. The van der Waals surface area contributed by atoms with E-state index < -0.39 is 23.2 Å². The zero-order chi connectivity index (χ0) is 27.0. The van der Waals surface area contributed by atoms with E-state index in [2.05, 4.69) is 15.4 Å². The predicted octanol–water partition coefficient (Wildman–Crippen LogP) is 0.132. The molecule has 14 heteroatoms. The molecule has 3 aromatic heterocycles. The molecule has 38 heavy (non-hydrogen) atoms. The molecule has 1 saturated heterocycles. The van der Waals surface area contributed by atoms with Gasteiger partial charge in [0.25, 0.3) is 17.4 Å². The fourth-order valence-electron chi connectivity index (χ4n) is 4.64. The molecule has 2 aliphatic rings. The highest BCUT2D eigenvalue weighted by molar-refractivity contribution is 5.99. The van der Waals surface area contributed by atoms with Crippen molar-refractivity contribution >= 4 is 29.2 Å². The number of pyridine rings is 1. The average Bonchev–Trinajstić information content (AvgIpc) is 3.51. The third kappa shape index (κ3) is 4.63. The number of carbonyl (C=O) groups is 3. The number of hydrogen-bond donors (Lipinski definition) is 1. The highest BCUT2D eigenvalue weighted by Crippen LogP contribution is 2.25. The Kier molecular flexibility index (Phi) is 6.91. The number of fused-ring (bicyclic) bond motifs is 2. The van der Waals surface area contributed by atoms with Crippen LogP contribution in [0.4, 0.5) is 10.2 Å². The molecule has 13 nitrogen and oxygen atoms in total. The monoisotopic (exact) mass is 527 g/mol. The van der Waals surface area contributed by atoms with Crippen LogP contribution in [-0.2, 0) is 27.4 Å². The van der Waals surface area contributed by atoms with Crippen molar-refractivity contribution in [3.8, 4) is 0 Å². The standard InChI is InChI=1S/C24H26FN7O6/c1-14(13-37-2)30-11-16-21(24(30)36)31(12-19(33)27-18-4-3-15(25)10-26-18)20-9-17(28-32(20)22(16)34)23(35)29-5-7-38-8-6-29/h3-4,9-10,14H,5-8,11-13H2,1-2H3,(H,26,27,33). The van der Waals surface area contributed by atoms with E-state index in [9.17, 15) is 23.6 Å². The fraction of sp³-hybridized carbons (Fsp3) is 0.417. The maximum absolute atomic E-state index is 13.5. The number of nitrogens with zero attached hydrogens (tertiary/aromatic N) is 6. The Balaban J connectivity index is 1.57. The number of rotatable bonds is 7. The molecule has 0 aliphatic carbocycles. The minimum Gasteiger partial charge on any atom is -0.383 e. The third-order valence-electron chi connectivity index (χ3n) is 6.52. The lowest BCUT2D eigenvalue weighted by atomic mass is 10.2. The second kappa shape index (κ2) is 10.3. The molecule has 2 aliphatic heterocycles. The number of aromatic nitrogens is 4. The van der Waals surface area contributed by atoms with Gasteiger partial charge in [-0.1, -0.05) is 0 Å². The van der Waals surface area contributed by atoms with Crippen molar-refractivity contribution in [3.63, 3.8) is 0 Å². The molecule has 3 aromatic rings. The zero-order valence-electron chi connectivity index (χ0n) is 20.8. The van der Waals surface area contributed by atoms with Gasteiger partial charge in [0.15, 0.2) is 5.69 Å². The van der Waals surface area contributed by atoms with Crippen LogP contribution in [0.15, 0.2) is 29.2 Å². The Morgan fingerprint density at radius 2 is 2.00 bits per heavy atom. The Labute approximate surface area is 215 Å². The van der Waals surface area contributed by atoms with E-state index in [1.807, 2.05) is 0 Å². The number of carbonyl (C=O) groups excluding carboxylic acids is 3. The summed E-state index contributed by atoms with van der Waals surface area (Å²) in [6.07, 6.45) is 0.962. The number of halogens is 1. The fourth-order valence-corrected chi connectivity index (χ4v) is 4.64. The van der Waals surface area contributed by atoms with E-state index in [1.165, 1.54) is 28.7 Å². The van der Waals surface area contributed by atoms with Gasteiger partial charge in [-0.3, -0.25) is 19.2 Å². The van der Waals surface area contributed by atoms with Crippen molar-refractivity contribution in [2.24, 2.45) is 0 Å². The maximum Gasteiger partial charge on any atom is 0.280 e. The van der Waals surface area contributed by atoms with Crippen LogP contribution in [0.2, 0.25) is 0 Å². The van der Waals surface area contributed by atoms with Gasteiger partial charge in [0.05, 0.1) is 44.2 Å². The van der Waals surface area contributed by atoms with E-state index in [0.29, 0.717) is 26.3 Å². The van der Waals surface area contributed by atoms with Crippen molar-refractivity contribution in [1.29, 1.82) is 0 Å². The molecule has 3 amide bonds. The van der Waals surface area contributed by atoms with E-state index in [0.717, 1.165) is 16.8 Å². The first-order valence-electron chi connectivity index (χ1n) is 12.0. The number of nitrogens with one attached hydrogen (secondary N) is 1. The zero-order valence-corrected chi connectivity index (χ0v) is 20.8. The minimum absolute atomic E-state index is 0.00120. The molecule has 5 rings (SSSR count). The van der Waals surface area contributed by atoms with E-state index in [1.54, 1.807) is 11.8 Å². The van der Waals surface area contributed by atoms with Crippen molar-refractivity contribution in [2.45, 2.75) is 26.1 Å². The summed E-state index contributed by atoms with van der Waals surface area (Å²) in [5, 5.41) is 6.83. The molecule has 0 aromatic carbocycles. The van der Waals surface area contributed by atoms with Gasteiger partial charge in [-0.25, -0.2) is 9.37 Å².